The lowest BCUT2D eigenvalue weighted by Gasteiger charge is -2.24. The number of amides is 1. The molecule has 2 heterocycles. The van der Waals surface area contributed by atoms with Crippen LogP contribution in [0.5, 0.6) is 0 Å². The van der Waals surface area contributed by atoms with Crippen molar-refractivity contribution in [1.29, 1.82) is 0 Å². The van der Waals surface area contributed by atoms with Crippen LogP contribution in [0.2, 0.25) is 0 Å². The molecule has 1 amide bonds. The molecule has 2 atom stereocenters. The first kappa shape index (κ1) is 16.2. The van der Waals surface area contributed by atoms with E-state index in [0.717, 1.165) is 31.1 Å². The molecule has 118 valence electrons. The fourth-order valence-corrected chi connectivity index (χ4v) is 3.04. The third-order valence-electron chi connectivity index (χ3n) is 3.47. The second-order valence-electron chi connectivity index (χ2n) is 6.58. The van der Waals surface area contributed by atoms with Crippen molar-refractivity contribution in [2.24, 2.45) is 5.92 Å². The molecular weight excluding hydrogens is 286 g/mol. The van der Waals surface area contributed by atoms with Crippen molar-refractivity contribution in [2.45, 2.75) is 45.8 Å². The molecule has 0 bridgehead atoms. The van der Waals surface area contributed by atoms with Gasteiger partial charge in [-0.05, 0) is 40.0 Å². The number of nitrogens with zero attached hydrogens (tertiary/aromatic N) is 2. The lowest BCUT2D eigenvalue weighted by Crippen LogP contribution is -2.36. The molecule has 1 aliphatic heterocycles. The van der Waals surface area contributed by atoms with E-state index < -0.39 is 5.60 Å². The standard InChI is InChI=1S/C15H25N3O2S/c1-11(13-16-6-8-21-13)17-9-12-5-7-18(10-12)14(19)20-15(2,3)4/h6,8,11-12,17H,5,7,9-10H2,1-4H3/t11-,12-/m0/s1. The first-order valence-electron chi connectivity index (χ1n) is 7.46. The minimum atomic E-state index is -0.424. The van der Waals surface area contributed by atoms with E-state index in [1.165, 1.54) is 0 Å². The fraction of sp³-hybridized carbons (Fsp3) is 0.733. The van der Waals surface area contributed by atoms with Gasteiger partial charge < -0.3 is 15.0 Å². The van der Waals surface area contributed by atoms with E-state index in [2.05, 4.69) is 17.2 Å². The number of ether oxygens (including phenoxy) is 1. The summed E-state index contributed by atoms with van der Waals surface area (Å²) in [6.07, 6.45) is 2.66. The maximum absolute atomic E-state index is 12.0. The van der Waals surface area contributed by atoms with E-state index in [0.29, 0.717) is 5.92 Å². The average molecular weight is 311 g/mol. The van der Waals surface area contributed by atoms with Crippen LogP contribution in [-0.2, 0) is 4.74 Å². The van der Waals surface area contributed by atoms with Crippen LogP contribution >= 0.6 is 11.3 Å². The van der Waals surface area contributed by atoms with E-state index in [-0.39, 0.29) is 12.1 Å². The molecule has 5 nitrogen and oxygen atoms in total. The minimum absolute atomic E-state index is 0.196. The van der Waals surface area contributed by atoms with E-state index in [9.17, 15) is 4.79 Å². The number of aromatic nitrogens is 1. The molecule has 21 heavy (non-hydrogen) atoms. The number of nitrogens with one attached hydrogen (secondary N) is 1. The molecule has 1 aromatic heterocycles. The van der Waals surface area contributed by atoms with Crippen molar-refractivity contribution in [3.8, 4) is 0 Å². The number of hydrogen-bond donors (Lipinski definition) is 1. The number of hydrogen-bond acceptors (Lipinski definition) is 5. The van der Waals surface area contributed by atoms with Crippen LogP contribution < -0.4 is 5.32 Å². The Morgan fingerprint density at radius 1 is 1.62 bits per heavy atom. The van der Waals surface area contributed by atoms with Crippen LogP contribution in [0, 0.1) is 5.92 Å². The molecule has 1 fully saturated rings. The van der Waals surface area contributed by atoms with Crippen LogP contribution in [0.3, 0.4) is 0 Å². The summed E-state index contributed by atoms with van der Waals surface area (Å²) in [5, 5.41) is 6.61. The van der Waals surface area contributed by atoms with Gasteiger partial charge >= 0.3 is 6.09 Å². The van der Waals surface area contributed by atoms with Crippen molar-refractivity contribution < 1.29 is 9.53 Å². The lowest BCUT2D eigenvalue weighted by atomic mass is 10.1. The highest BCUT2D eigenvalue weighted by molar-refractivity contribution is 7.09. The number of thiazole rings is 1. The number of carbonyl (C=O) groups excluding carboxylic acids is 1. The monoisotopic (exact) mass is 311 g/mol. The fourth-order valence-electron chi connectivity index (χ4n) is 2.37. The molecule has 0 saturated carbocycles. The molecule has 0 radical (unpaired) electrons. The molecular formula is C15H25N3O2S. The van der Waals surface area contributed by atoms with Crippen LogP contribution in [-0.4, -0.2) is 41.2 Å². The number of rotatable bonds is 4. The maximum Gasteiger partial charge on any atom is 0.410 e. The van der Waals surface area contributed by atoms with Gasteiger partial charge in [-0.1, -0.05) is 0 Å². The second kappa shape index (κ2) is 6.75. The van der Waals surface area contributed by atoms with Crippen molar-refractivity contribution >= 4 is 17.4 Å². The number of likely N-dealkylation sites (tertiary alicyclic amines) is 1. The normalized spacial score (nSPS) is 20.6. The summed E-state index contributed by atoms with van der Waals surface area (Å²) in [4.78, 5) is 18.1. The SMILES string of the molecule is C[C@H](NC[C@@H]1CCN(C(=O)OC(C)(C)C)C1)c1nccs1. The highest BCUT2D eigenvalue weighted by Crippen LogP contribution is 2.20. The maximum atomic E-state index is 12.0. The predicted octanol–water partition coefficient (Wildman–Crippen LogP) is 3.05. The summed E-state index contributed by atoms with van der Waals surface area (Å²) in [5.41, 5.74) is -0.424. The Hall–Kier alpha value is -1.14. The van der Waals surface area contributed by atoms with Gasteiger partial charge in [0.25, 0.3) is 0 Å². The van der Waals surface area contributed by atoms with Crippen molar-refractivity contribution in [3.05, 3.63) is 16.6 Å². The summed E-state index contributed by atoms with van der Waals surface area (Å²) in [5.74, 6) is 0.486. The zero-order valence-corrected chi connectivity index (χ0v) is 14.1. The third kappa shape index (κ3) is 4.97. The summed E-state index contributed by atoms with van der Waals surface area (Å²) >= 11 is 1.67. The average Bonchev–Trinajstić information content (AvgIpc) is 3.05. The molecule has 1 aromatic rings. The van der Waals surface area contributed by atoms with Gasteiger partial charge in [-0.15, -0.1) is 11.3 Å². The van der Waals surface area contributed by atoms with E-state index in [4.69, 9.17) is 4.74 Å². The molecule has 2 rings (SSSR count). The summed E-state index contributed by atoms with van der Waals surface area (Å²) in [6, 6.07) is 0.264. The third-order valence-corrected chi connectivity index (χ3v) is 4.43. The van der Waals surface area contributed by atoms with E-state index in [1.807, 2.05) is 37.2 Å². The Kier molecular flexibility index (Phi) is 5.22. The molecule has 0 spiro atoms. The van der Waals surface area contributed by atoms with Crippen LogP contribution in [0.25, 0.3) is 0 Å². The molecule has 6 heteroatoms. The van der Waals surface area contributed by atoms with Gasteiger partial charge in [0, 0.05) is 31.2 Å². The Balaban J connectivity index is 1.74. The van der Waals surface area contributed by atoms with E-state index in [1.54, 1.807) is 11.3 Å². The number of carbonyl (C=O) groups is 1. The smallest absolute Gasteiger partial charge is 0.410 e. The molecule has 1 N–H and O–H groups in total. The Labute approximate surface area is 130 Å². The van der Waals surface area contributed by atoms with Crippen molar-refractivity contribution in [1.82, 2.24) is 15.2 Å². The van der Waals surface area contributed by atoms with Crippen LogP contribution in [0.4, 0.5) is 4.79 Å². The molecule has 1 aliphatic rings. The van der Waals surface area contributed by atoms with Crippen LogP contribution in [0.1, 0.15) is 45.2 Å². The highest BCUT2D eigenvalue weighted by Gasteiger charge is 2.29. The Bertz CT molecular complexity index is 456. The first-order chi connectivity index (χ1) is 9.85. The highest BCUT2D eigenvalue weighted by atomic mass is 32.1. The second-order valence-corrected chi connectivity index (χ2v) is 7.51. The van der Waals surface area contributed by atoms with Crippen LogP contribution in [0.15, 0.2) is 11.6 Å². The Morgan fingerprint density at radius 2 is 2.38 bits per heavy atom. The molecule has 0 unspecified atom stereocenters. The summed E-state index contributed by atoms with van der Waals surface area (Å²) < 4.78 is 5.41. The zero-order chi connectivity index (χ0) is 15.5. The predicted molar refractivity (Wildman–Crippen MR) is 84.4 cm³/mol. The topological polar surface area (TPSA) is 54.5 Å². The van der Waals surface area contributed by atoms with Gasteiger partial charge in [0.2, 0.25) is 0 Å². The lowest BCUT2D eigenvalue weighted by molar-refractivity contribution is 0.0288. The largest absolute Gasteiger partial charge is 0.444 e. The summed E-state index contributed by atoms with van der Waals surface area (Å²) in [7, 11) is 0. The zero-order valence-electron chi connectivity index (χ0n) is 13.3. The first-order valence-corrected chi connectivity index (χ1v) is 8.34. The van der Waals surface area contributed by atoms with Crippen molar-refractivity contribution in [3.63, 3.8) is 0 Å². The van der Waals surface area contributed by atoms with Gasteiger partial charge in [0.1, 0.15) is 10.6 Å². The minimum Gasteiger partial charge on any atom is -0.444 e. The van der Waals surface area contributed by atoms with Gasteiger partial charge in [-0.2, -0.15) is 0 Å². The van der Waals surface area contributed by atoms with Gasteiger partial charge in [-0.25, -0.2) is 9.78 Å². The Morgan fingerprint density at radius 3 is 3.00 bits per heavy atom. The van der Waals surface area contributed by atoms with Gasteiger partial charge in [0.05, 0.1) is 6.04 Å². The summed E-state index contributed by atoms with van der Waals surface area (Å²) in [6.45, 7) is 10.3. The quantitative estimate of drug-likeness (QED) is 0.928. The molecule has 0 aliphatic carbocycles. The molecule has 1 saturated heterocycles. The van der Waals surface area contributed by atoms with Gasteiger partial charge in [0.15, 0.2) is 0 Å². The van der Waals surface area contributed by atoms with Crippen molar-refractivity contribution in [2.75, 3.05) is 19.6 Å². The molecule has 0 aromatic carbocycles. The van der Waals surface area contributed by atoms with E-state index >= 15 is 0 Å². The van der Waals surface area contributed by atoms with Gasteiger partial charge in [-0.3, -0.25) is 0 Å².